The second-order valence-corrected chi connectivity index (χ2v) is 15.0. The fourth-order valence-electron chi connectivity index (χ4n) is 5.66. The van der Waals surface area contributed by atoms with Crippen LogP contribution in [0.25, 0.3) is 0 Å². The molecule has 4 atom stereocenters. The van der Waals surface area contributed by atoms with Crippen molar-refractivity contribution in [2.75, 3.05) is 12.9 Å². The Morgan fingerprint density at radius 3 is 2.20 bits per heavy atom. The quantitative estimate of drug-likeness (QED) is 0.278. The Kier molecular flexibility index (Phi) is 10.7. The second kappa shape index (κ2) is 13.3. The normalized spacial score (nSPS) is 21.6. The van der Waals surface area contributed by atoms with Crippen LogP contribution in [0.4, 0.5) is 0 Å². The molecule has 1 aliphatic carbocycles. The summed E-state index contributed by atoms with van der Waals surface area (Å²) in [6, 6.07) is 5.18. The van der Waals surface area contributed by atoms with Crippen LogP contribution in [0.3, 0.4) is 0 Å². The van der Waals surface area contributed by atoms with E-state index in [9.17, 15) is 32.7 Å². The van der Waals surface area contributed by atoms with Crippen LogP contribution in [0, 0.1) is 17.8 Å². The van der Waals surface area contributed by atoms with E-state index in [2.05, 4.69) is 5.32 Å². The Bertz CT molecular complexity index is 1220. The SMILES string of the molecule is CC(CC(=O)CC(C)(C)O)C(=O)NC(Cc1ccc(S(C)(=O)=O)cc1)C(=O)CC(CC1CCCC1)C(=O)C1(C)CO1. The number of aliphatic hydroxyl groups is 1. The minimum atomic E-state index is -3.40. The van der Waals surface area contributed by atoms with Gasteiger partial charge in [-0.3, -0.25) is 19.2 Å². The van der Waals surface area contributed by atoms with Crippen molar-refractivity contribution in [3.8, 4) is 0 Å². The Hall–Kier alpha value is -2.43. The van der Waals surface area contributed by atoms with Crippen molar-refractivity contribution in [1.29, 1.82) is 0 Å². The van der Waals surface area contributed by atoms with Crippen molar-refractivity contribution < 1.29 is 37.4 Å². The lowest BCUT2D eigenvalue weighted by Crippen LogP contribution is -2.46. The number of amides is 1. The van der Waals surface area contributed by atoms with Crippen molar-refractivity contribution in [3.05, 3.63) is 29.8 Å². The van der Waals surface area contributed by atoms with Crippen LogP contribution in [0.2, 0.25) is 0 Å². The molecule has 1 aromatic rings. The number of carbonyl (C=O) groups excluding carboxylic acids is 4. The molecule has 9 nitrogen and oxygen atoms in total. The van der Waals surface area contributed by atoms with Gasteiger partial charge in [0.1, 0.15) is 11.4 Å². The van der Waals surface area contributed by atoms with Crippen molar-refractivity contribution in [2.24, 2.45) is 17.8 Å². The number of Topliss-reactive ketones (excluding diaryl/α,β-unsaturated/α-hetero) is 3. The topological polar surface area (TPSA) is 147 Å². The van der Waals surface area contributed by atoms with Gasteiger partial charge in [-0.15, -0.1) is 0 Å². The minimum absolute atomic E-state index is 0.0351. The van der Waals surface area contributed by atoms with Crippen molar-refractivity contribution in [1.82, 2.24) is 5.32 Å². The average molecular weight is 592 g/mol. The lowest BCUT2D eigenvalue weighted by molar-refractivity contribution is -0.135. The molecule has 2 fully saturated rings. The summed E-state index contributed by atoms with van der Waals surface area (Å²) in [5.41, 5.74) is -1.40. The van der Waals surface area contributed by atoms with Gasteiger partial charge in [0.2, 0.25) is 5.91 Å². The Morgan fingerprint density at radius 2 is 1.68 bits per heavy atom. The molecule has 1 aliphatic heterocycles. The third kappa shape index (κ3) is 10.1. The van der Waals surface area contributed by atoms with E-state index < -0.39 is 44.8 Å². The molecule has 0 radical (unpaired) electrons. The van der Waals surface area contributed by atoms with Crippen molar-refractivity contribution in [3.63, 3.8) is 0 Å². The van der Waals surface area contributed by atoms with Gasteiger partial charge < -0.3 is 15.2 Å². The molecule has 0 aromatic heterocycles. The molecule has 2 N–H and O–H groups in total. The number of sulfone groups is 1. The van der Waals surface area contributed by atoms with E-state index in [1.807, 2.05) is 0 Å². The number of hydrogen-bond acceptors (Lipinski definition) is 8. The average Bonchev–Trinajstić information content (AvgIpc) is 3.39. The van der Waals surface area contributed by atoms with Crippen LogP contribution >= 0.6 is 0 Å². The Labute approximate surface area is 243 Å². The van der Waals surface area contributed by atoms with E-state index in [1.54, 1.807) is 26.0 Å². The summed E-state index contributed by atoms with van der Waals surface area (Å²) < 4.78 is 29.2. The highest BCUT2D eigenvalue weighted by molar-refractivity contribution is 7.90. The number of hydrogen-bond donors (Lipinski definition) is 2. The number of rotatable bonds is 16. The zero-order valence-corrected chi connectivity index (χ0v) is 25.7. The first-order valence-corrected chi connectivity index (χ1v) is 16.4. The van der Waals surface area contributed by atoms with E-state index in [0.717, 1.165) is 31.9 Å². The number of ketones is 3. The van der Waals surface area contributed by atoms with Crippen molar-refractivity contribution in [2.45, 2.75) is 108 Å². The van der Waals surface area contributed by atoms with E-state index in [0.29, 0.717) is 24.5 Å². The molecule has 1 saturated heterocycles. The largest absolute Gasteiger partial charge is 0.390 e. The minimum Gasteiger partial charge on any atom is -0.390 e. The Morgan fingerprint density at radius 1 is 1.10 bits per heavy atom. The van der Waals surface area contributed by atoms with E-state index in [4.69, 9.17) is 4.74 Å². The Balaban J connectivity index is 1.79. The summed E-state index contributed by atoms with van der Waals surface area (Å²) in [5.74, 6) is -1.99. The number of epoxide rings is 1. The first-order valence-electron chi connectivity index (χ1n) is 14.5. The van der Waals surface area contributed by atoms with Crippen LogP contribution in [-0.2, 0) is 40.2 Å². The van der Waals surface area contributed by atoms with Crippen LogP contribution < -0.4 is 5.32 Å². The van der Waals surface area contributed by atoms with Gasteiger partial charge in [-0.1, -0.05) is 44.7 Å². The molecule has 10 heteroatoms. The summed E-state index contributed by atoms with van der Waals surface area (Å²) in [7, 11) is -3.40. The lowest BCUT2D eigenvalue weighted by atomic mass is 9.81. The van der Waals surface area contributed by atoms with E-state index >= 15 is 0 Å². The molecule has 1 heterocycles. The van der Waals surface area contributed by atoms with Gasteiger partial charge in [0.15, 0.2) is 21.4 Å². The maximum absolute atomic E-state index is 13.8. The lowest BCUT2D eigenvalue weighted by Gasteiger charge is -2.25. The van der Waals surface area contributed by atoms with Crippen molar-refractivity contribution >= 4 is 33.1 Å². The molecule has 0 bridgehead atoms. The first kappa shape index (κ1) is 33.1. The number of carbonyl (C=O) groups is 4. The number of ether oxygens (including phenoxy) is 1. The predicted molar refractivity (Wildman–Crippen MR) is 154 cm³/mol. The molecule has 0 spiro atoms. The van der Waals surface area contributed by atoms with Crippen LogP contribution in [-0.4, -0.2) is 66.9 Å². The fraction of sp³-hybridized carbons (Fsp3) is 0.677. The summed E-state index contributed by atoms with van der Waals surface area (Å²) in [6.07, 6.45) is 5.89. The maximum atomic E-state index is 13.8. The number of nitrogens with one attached hydrogen (secondary N) is 1. The van der Waals surface area contributed by atoms with E-state index in [1.165, 1.54) is 26.0 Å². The predicted octanol–water partition coefficient (Wildman–Crippen LogP) is 3.39. The van der Waals surface area contributed by atoms with Gasteiger partial charge in [-0.25, -0.2) is 8.42 Å². The summed E-state index contributed by atoms with van der Waals surface area (Å²) in [4.78, 5) is 52.8. The zero-order chi connectivity index (χ0) is 30.6. The molecule has 1 aromatic carbocycles. The summed E-state index contributed by atoms with van der Waals surface area (Å²) in [6.45, 7) is 6.73. The fourth-order valence-corrected chi connectivity index (χ4v) is 6.29. The molecule has 3 rings (SSSR count). The molecule has 4 unspecified atom stereocenters. The van der Waals surface area contributed by atoms with Gasteiger partial charge in [-0.2, -0.15) is 0 Å². The van der Waals surface area contributed by atoms with Gasteiger partial charge in [-0.05, 0) is 57.2 Å². The molecular weight excluding hydrogens is 546 g/mol. The van der Waals surface area contributed by atoms with Crippen LogP contribution in [0.5, 0.6) is 0 Å². The number of benzene rings is 1. The smallest absolute Gasteiger partial charge is 0.223 e. The highest BCUT2D eigenvalue weighted by Gasteiger charge is 2.50. The molecule has 1 saturated carbocycles. The van der Waals surface area contributed by atoms with Gasteiger partial charge in [0.05, 0.1) is 23.1 Å². The molecular formula is C31H45NO8S. The molecule has 228 valence electrons. The van der Waals surface area contributed by atoms with Gasteiger partial charge >= 0.3 is 0 Å². The van der Waals surface area contributed by atoms with Crippen LogP contribution in [0.1, 0.15) is 84.6 Å². The third-order valence-electron chi connectivity index (χ3n) is 8.12. The second-order valence-electron chi connectivity index (χ2n) is 13.0. The van der Waals surface area contributed by atoms with Crippen LogP contribution in [0.15, 0.2) is 29.2 Å². The molecule has 1 amide bonds. The summed E-state index contributed by atoms with van der Waals surface area (Å²) >= 11 is 0. The maximum Gasteiger partial charge on any atom is 0.223 e. The monoisotopic (exact) mass is 591 g/mol. The highest BCUT2D eigenvalue weighted by atomic mass is 32.2. The first-order chi connectivity index (χ1) is 19.0. The zero-order valence-electron chi connectivity index (χ0n) is 24.9. The highest BCUT2D eigenvalue weighted by Crippen LogP contribution is 2.37. The molecule has 41 heavy (non-hydrogen) atoms. The molecule has 2 aliphatic rings. The third-order valence-corrected chi connectivity index (χ3v) is 9.25. The standard InChI is InChI=1S/C31H45NO8S/c1-20(14-24(33)18-30(2,3)37)29(36)32-26(16-22-10-12-25(13-11-22)41(5,38)39)27(34)17-23(15-21-8-6-7-9-21)28(35)31(4)19-40-31/h10-13,20-21,23,26,37H,6-9,14-19H2,1-5H3,(H,32,36). The van der Waals surface area contributed by atoms with Gasteiger partial charge in [0.25, 0.3) is 0 Å². The van der Waals surface area contributed by atoms with Gasteiger partial charge in [0, 0.05) is 37.4 Å². The van der Waals surface area contributed by atoms with E-state index in [-0.39, 0.29) is 47.9 Å². The summed E-state index contributed by atoms with van der Waals surface area (Å²) in [5, 5.41) is 12.8.